The lowest BCUT2D eigenvalue weighted by Gasteiger charge is -2.04. The van der Waals surface area contributed by atoms with Crippen molar-refractivity contribution in [1.29, 1.82) is 0 Å². The molecule has 96 valence electrons. The second-order valence-electron chi connectivity index (χ2n) is 3.96. The average molecular weight is 314 g/mol. The molecule has 1 N–H and O–H groups in total. The first kappa shape index (κ1) is 12.7. The molecule has 8 heteroatoms. The van der Waals surface area contributed by atoms with Gasteiger partial charge in [0.15, 0.2) is 5.69 Å². The standard InChI is InChI=1S/C10H12BrN5O2/c1-5-8(11)7(15(3)13-5)4-16-6(2)9(10(17)18)12-14-16/h4H2,1-3H3,(H,17,18). The SMILES string of the molecule is Cc1nn(C)c(Cn2nnc(C(=O)O)c2C)c1Br. The van der Waals surface area contributed by atoms with E-state index in [-0.39, 0.29) is 5.69 Å². The predicted molar refractivity (Wildman–Crippen MR) is 66.5 cm³/mol. The summed E-state index contributed by atoms with van der Waals surface area (Å²) >= 11 is 3.46. The van der Waals surface area contributed by atoms with Crippen LogP contribution in [0.2, 0.25) is 0 Å². The van der Waals surface area contributed by atoms with E-state index in [2.05, 4.69) is 31.3 Å². The first-order chi connectivity index (χ1) is 8.41. The van der Waals surface area contributed by atoms with Crippen LogP contribution in [0, 0.1) is 13.8 Å². The van der Waals surface area contributed by atoms with E-state index in [0.29, 0.717) is 12.2 Å². The lowest BCUT2D eigenvalue weighted by Crippen LogP contribution is -2.09. The van der Waals surface area contributed by atoms with E-state index in [1.54, 1.807) is 16.3 Å². The highest BCUT2D eigenvalue weighted by Gasteiger charge is 2.18. The first-order valence-corrected chi connectivity index (χ1v) is 6.02. The molecule has 7 nitrogen and oxygen atoms in total. The highest BCUT2D eigenvalue weighted by atomic mass is 79.9. The monoisotopic (exact) mass is 313 g/mol. The molecular formula is C10H12BrN5O2. The fourth-order valence-corrected chi connectivity index (χ4v) is 2.16. The highest BCUT2D eigenvalue weighted by Crippen LogP contribution is 2.21. The molecule has 2 rings (SSSR count). The Labute approximate surface area is 112 Å². The van der Waals surface area contributed by atoms with E-state index in [1.165, 1.54) is 0 Å². The fraction of sp³-hybridized carbons (Fsp3) is 0.400. The Balaban J connectivity index is 2.38. The number of rotatable bonds is 3. The van der Waals surface area contributed by atoms with Gasteiger partial charge in [0.2, 0.25) is 0 Å². The Bertz CT molecular complexity index is 616. The van der Waals surface area contributed by atoms with Crippen LogP contribution in [-0.4, -0.2) is 35.9 Å². The Morgan fingerprint density at radius 2 is 2.11 bits per heavy atom. The van der Waals surface area contributed by atoms with Crippen molar-refractivity contribution in [2.45, 2.75) is 20.4 Å². The summed E-state index contributed by atoms with van der Waals surface area (Å²) in [6.07, 6.45) is 0. The fourth-order valence-electron chi connectivity index (χ4n) is 1.70. The second-order valence-corrected chi connectivity index (χ2v) is 4.75. The molecule has 0 amide bonds. The largest absolute Gasteiger partial charge is 0.476 e. The van der Waals surface area contributed by atoms with Gasteiger partial charge < -0.3 is 5.11 Å². The van der Waals surface area contributed by atoms with Gasteiger partial charge in [0.05, 0.1) is 28.1 Å². The van der Waals surface area contributed by atoms with Crippen molar-refractivity contribution in [2.24, 2.45) is 7.05 Å². The molecule has 2 aromatic rings. The minimum absolute atomic E-state index is 0.0231. The maximum absolute atomic E-state index is 10.9. The van der Waals surface area contributed by atoms with Gasteiger partial charge in [-0.3, -0.25) is 4.68 Å². The molecule has 0 bridgehead atoms. The third-order valence-electron chi connectivity index (χ3n) is 2.75. The molecule has 0 fully saturated rings. The van der Waals surface area contributed by atoms with Gasteiger partial charge in [0.1, 0.15) is 0 Å². The van der Waals surface area contributed by atoms with E-state index in [9.17, 15) is 4.79 Å². The van der Waals surface area contributed by atoms with Crippen LogP contribution in [0.5, 0.6) is 0 Å². The molecule has 0 unspecified atom stereocenters. The topological polar surface area (TPSA) is 85.8 Å². The summed E-state index contributed by atoms with van der Waals surface area (Å²) in [6, 6.07) is 0. The van der Waals surface area contributed by atoms with Gasteiger partial charge in [-0.1, -0.05) is 5.21 Å². The van der Waals surface area contributed by atoms with Crippen molar-refractivity contribution < 1.29 is 9.90 Å². The molecule has 0 saturated carbocycles. The van der Waals surface area contributed by atoms with Crippen molar-refractivity contribution in [3.05, 3.63) is 27.2 Å². The smallest absolute Gasteiger partial charge is 0.358 e. The van der Waals surface area contributed by atoms with Crippen LogP contribution in [0.3, 0.4) is 0 Å². The van der Waals surface area contributed by atoms with Crippen molar-refractivity contribution in [3.8, 4) is 0 Å². The molecule has 0 saturated heterocycles. The number of aromatic nitrogens is 5. The van der Waals surface area contributed by atoms with Crippen molar-refractivity contribution >= 4 is 21.9 Å². The molecule has 2 heterocycles. The lowest BCUT2D eigenvalue weighted by atomic mass is 10.3. The molecule has 0 radical (unpaired) electrons. The second kappa shape index (κ2) is 4.52. The lowest BCUT2D eigenvalue weighted by molar-refractivity contribution is 0.0689. The molecule has 2 aromatic heterocycles. The first-order valence-electron chi connectivity index (χ1n) is 5.23. The van der Waals surface area contributed by atoms with E-state index in [0.717, 1.165) is 15.9 Å². The van der Waals surface area contributed by atoms with Gasteiger partial charge in [0, 0.05) is 7.05 Å². The van der Waals surface area contributed by atoms with Gasteiger partial charge in [-0.15, -0.1) is 5.10 Å². The van der Waals surface area contributed by atoms with Crippen molar-refractivity contribution in [1.82, 2.24) is 24.8 Å². The molecule has 0 aromatic carbocycles. The average Bonchev–Trinajstić information content (AvgIpc) is 2.76. The van der Waals surface area contributed by atoms with E-state index in [1.807, 2.05) is 14.0 Å². The summed E-state index contributed by atoms with van der Waals surface area (Å²) in [4.78, 5) is 10.9. The zero-order valence-electron chi connectivity index (χ0n) is 10.2. The van der Waals surface area contributed by atoms with Gasteiger partial charge in [-0.2, -0.15) is 5.10 Å². The predicted octanol–water partition coefficient (Wildman–Crippen LogP) is 1.14. The van der Waals surface area contributed by atoms with Crippen LogP contribution < -0.4 is 0 Å². The Kier molecular flexibility index (Phi) is 3.20. The normalized spacial score (nSPS) is 10.9. The Morgan fingerprint density at radius 1 is 1.44 bits per heavy atom. The third-order valence-corrected chi connectivity index (χ3v) is 3.78. The van der Waals surface area contributed by atoms with Gasteiger partial charge in [-0.25, -0.2) is 9.48 Å². The number of aryl methyl sites for hydroxylation is 2. The molecule has 0 aliphatic heterocycles. The van der Waals surface area contributed by atoms with Crippen LogP contribution >= 0.6 is 15.9 Å². The molecule has 0 atom stereocenters. The molecule has 0 aliphatic carbocycles. The maximum atomic E-state index is 10.9. The minimum atomic E-state index is -1.07. The van der Waals surface area contributed by atoms with Crippen molar-refractivity contribution in [3.63, 3.8) is 0 Å². The quantitative estimate of drug-likeness (QED) is 0.918. The number of hydrogen-bond acceptors (Lipinski definition) is 4. The number of hydrogen-bond donors (Lipinski definition) is 1. The summed E-state index contributed by atoms with van der Waals surface area (Å²) in [7, 11) is 1.83. The Hall–Kier alpha value is -1.70. The number of halogens is 1. The van der Waals surface area contributed by atoms with E-state index >= 15 is 0 Å². The van der Waals surface area contributed by atoms with E-state index < -0.39 is 5.97 Å². The van der Waals surface area contributed by atoms with Crippen LogP contribution in [0.1, 0.15) is 27.6 Å². The maximum Gasteiger partial charge on any atom is 0.358 e. The Morgan fingerprint density at radius 3 is 2.56 bits per heavy atom. The van der Waals surface area contributed by atoms with E-state index in [4.69, 9.17) is 5.11 Å². The molecule has 0 aliphatic rings. The number of carbonyl (C=O) groups is 1. The van der Waals surface area contributed by atoms with Gasteiger partial charge in [0.25, 0.3) is 0 Å². The number of aromatic carboxylic acids is 1. The van der Waals surface area contributed by atoms with Gasteiger partial charge in [-0.05, 0) is 29.8 Å². The highest BCUT2D eigenvalue weighted by molar-refractivity contribution is 9.10. The number of nitrogens with zero attached hydrogens (tertiary/aromatic N) is 5. The number of carboxylic acid groups (broad SMARTS) is 1. The van der Waals surface area contributed by atoms with Crippen LogP contribution in [0.15, 0.2) is 4.47 Å². The zero-order chi connectivity index (χ0) is 13.4. The zero-order valence-corrected chi connectivity index (χ0v) is 11.8. The molecular weight excluding hydrogens is 302 g/mol. The summed E-state index contributed by atoms with van der Waals surface area (Å²) in [5.74, 6) is -1.07. The summed E-state index contributed by atoms with van der Waals surface area (Å²) < 4.78 is 4.18. The van der Waals surface area contributed by atoms with Gasteiger partial charge >= 0.3 is 5.97 Å². The third kappa shape index (κ3) is 2.03. The summed E-state index contributed by atoms with van der Waals surface area (Å²) in [5, 5.41) is 20.7. The molecule has 0 spiro atoms. The van der Waals surface area contributed by atoms with Crippen LogP contribution in [0.25, 0.3) is 0 Å². The molecule has 18 heavy (non-hydrogen) atoms. The minimum Gasteiger partial charge on any atom is -0.476 e. The van der Waals surface area contributed by atoms with Crippen LogP contribution in [0.4, 0.5) is 0 Å². The number of carboxylic acids is 1. The summed E-state index contributed by atoms with van der Waals surface area (Å²) in [6.45, 7) is 4.00. The van der Waals surface area contributed by atoms with Crippen molar-refractivity contribution in [2.75, 3.05) is 0 Å². The van der Waals surface area contributed by atoms with Crippen LogP contribution in [-0.2, 0) is 13.6 Å². The summed E-state index contributed by atoms with van der Waals surface area (Å²) in [5.41, 5.74) is 2.29.